The molecule has 0 aliphatic rings. The Morgan fingerprint density at radius 1 is 0.944 bits per heavy atom. The van der Waals surface area contributed by atoms with Crippen molar-refractivity contribution in [1.82, 2.24) is 5.32 Å². The number of hydrogen-bond donors (Lipinski definition) is 3. The molecule has 186 valence electrons. The monoisotopic (exact) mass is 626 g/mol. The second kappa shape index (κ2) is 15.8. The number of benzene rings is 3. The van der Waals surface area contributed by atoms with Gasteiger partial charge in [0.15, 0.2) is 0 Å². The van der Waals surface area contributed by atoms with Crippen LogP contribution in [-0.4, -0.2) is 28.7 Å². The second-order valence-corrected chi connectivity index (χ2v) is 9.85. The minimum absolute atomic E-state index is 0. The predicted molar refractivity (Wildman–Crippen MR) is 142 cm³/mol. The summed E-state index contributed by atoms with van der Waals surface area (Å²) >= 11 is 1.51. The number of hydrogen-bond acceptors (Lipinski definition) is 5. The predicted octanol–water partition coefficient (Wildman–Crippen LogP) is 3.21. The number of amides is 2. The average molecular weight is 627 g/mol. The van der Waals surface area contributed by atoms with Crippen molar-refractivity contribution in [2.24, 2.45) is 0 Å². The zero-order valence-electron chi connectivity index (χ0n) is 21.6. The van der Waals surface area contributed by atoms with Crippen molar-refractivity contribution in [3.8, 4) is 5.75 Å². The smallest absolute Gasteiger partial charge is 0.507 e. The molecule has 0 saturated heterocycles. The normalized spacial score (nSPS) is 11.3. The van der Waals surface area contributed by atoms with Gasteiger partial charge in [0.1, 0.15) is 17.4 Å². The van der Waals surface area contributed by atoms with Gasteiger partial charge in [-0.25, -0.2) is 4.79 Å². The standard InChI is InChI=1S/C27H30N2O4S.CH3.Cs/c1-27(2,3)33-26(32)29-22(16-19-10-6-4-7-11-19)25(31)28-21-14-15-24(23(30)17-21)34-18-20-12-8-5-9-13-20;;/h4-15,17,22,30H,16,18H2,1-3H3,(H,28,31)(H,29,32);1H3;/q;-1;+1. The molecule has 0 aliphatic heterocycles. The van der Waals surface area contributed by atoms with Gasteiger partial charge in [0.25, 0.3) is 0 Å². The number of ether oxygens (including phenoxy) is 1. The van der Waals surface area contributed by atoms with Crippen LogP contribution in [0.3, 0.4) is 0 Å². The first kappa shape index (κ1) is 32.6. The largest absolute Gasteiger partial charge is 1.00 e. The summed E-state index contributed by atoms with van der Waals surface area (Å²) in [4.78, 5) is 26.1. The molecule has 3 aromatic rings. The van der Waals surface area contributed by atoms with Crippen molar-refractivity contribution in [2.45, 2.75) is 49.5 Å². The van der Waals surface area contributed by atoms with Gasteiger partial charge in [-0.1, -0.05) is 60.7 Å². The number of carbonyl (C=O) groups is 2. The summed E-state index contributed by atoms with van der Waals surface area (Å²) in [6.07, 6.45) is -0.373. The summed E-state index contributed by atoms with van der Waals surface area (Å²) in [5.74, 6) is 0.399. The van der Waals surface area contributed by atoms with E-state index in [0.717, 1.165) is 21.8 Å². The van der Waals surface area contributed by atoms with Crippen LogP contribution in [0.2, 0.25) is 0 Å². The summed E-state index contributed by atoms with van der Waals surface area (Å²) in [6, 6.07) is 23.6. The summed E-state index contributed by atoms with van der Waals surface area (Å²) in [5.41, 5.74) is 1.81. The third-order valence-electron chi connectivity index (χ3n) is 4.75. The molecular formula is C28H33CsN2O4S. The van der Waals surface area contributed by atoms with Crippen molar-refractivity contribution in [1.29, 1.82) is 0 Å². The summed E-state index contributed by atoms with van der Waals surface area (Å²) in [7, 11) is 0. The van der Waals surface area contributed by atoms with E-state index in [1.807, 2.05) is 60.7 Å². The number of alkyl carbamates (subject to hydrolysis) is 1. The van der Waals surface area contributed by atoms with Crippen LogP contribution in [0.1, 0.15) is 31.9 Å². The van der Waals surface area contributed by atoms with Gasteiger partial charge in [-0.2, -0.15) is 0 Å². The number of nitrogens with one attached hydrogen (secondary N) is 2. The van der Waals surface area contributed by atoms with E-state index < -0.39 is 23.6 Å². The number of aromatic hydroxyl groups is 1. The van der Waals surface area contributed by atoms with Gasteiger partial charge in [-0.05, 0) is 44.0 Å². The van der Waals surface area contributed by atoms with Crippen LogP contribution in [-0.2, 0) is 21.7 Å². The van der Waals surface area contributed by atoms with E-state index >= 15 is 0 Å². The fourth-order valence-corrected chi connectivity index (χ4v) is 4.08. The molecule has 3 aromatic carbocycles. The molecule has 0 aromatic heterocycles. The minimum atomic E-state index is -0.855. The zero-order chi connectivity index (χ0) is 24.6. The van der Waals surface area contributed by atoms with Crippen molar-refractivity contribution in [2.75, 3.05) is 5.32 Å². The molecule has 0 heterocycles. The van der Waals surface area contributed by atoms with Crippen LogP contribution in [0.4, 0.5) is 10.5 Å². The minimum Gasteiger partial charge on any atom is -0.507 e. The fraction of sp³-hybridized carbons (Fsp3) is 0.250. The number of rotatable bonds is 8. The molecule has 0 aliphatic carbocycles. The van der Waals surface area contributed by atoms with Crippen LogP contribution in [0.5, 0.6) is 5.75 Å². The molecule has 1 atom stereocenters. The maximum absolute atomic E-state index is 13.1. The molecule has 8 heteroatoms. The Kier molecular flexibility index (Phi) is 14.3. The summed E-state index contributed by atoms with van der Waals surface area (Å²) < 4.78 is 5.33. The Morgan fingerprint density at radius 2 is 1.53 bits per heavy atom. The quantitative estimate of drug-likeness (QED) is 0.264. The van der Waals surface area contributed by atoms with E-state index in [2.05, 4.69) is 10.6 Å². The first-order valence-electron chi connectivity index (χ1n) is 11.0. The Balaban J connectivity index is 0.00000324. The zero-order valence-corrected chi connectivity index (χ0v) is 28.7. The molecule has 6 nitrogen and oxygen atoms in total. The Bertz CT molecular complexity index is 1110. The molecule has 0 radical (unpaired) electrons. The molecule has 3 rings (SSSR count). The SMILES string of the molecule is CC(C)(C)OC(=O)NC(Cc1ccccc1)C(=O)Nc1ccc(SCc2ccccc2)c(O)c1.[CH3-].[Cs+]. The van der Waals surface area contributed by atoms with Crippen molar-refractivity contribution in [3.63, 3.8) is 0 Å². The van der Waals surface area contributed by atoms with Gasteiger partial charge in [-0.3, -0.25) is 4.79 Å². The molecule has 3 N–H and O–H groups in total. The van der Waals surface area contributed by atoms with Gasteiger partial charge >= 0.3 is 75.0 Å². The van der Waals surface area contributed by atoms with Crippen LogP contribution >= 0.6 is 11.8 Å². The number of phenolic OH excluding ortho intramolecular Hbond substituents is 1. The van der Waals surface area contributed by atoms with Crippen LogP contribution in [0.25, 0.3) is 0 Å². The fourth-order valence-electron chi connectivity index (χ4n) is 3.19. The third-order valence-corrected chi connectivity index (χ3v) is 5.89. The van der Waals surface area contributed by atoms with E-state index in [4.69, 9.17) is 4.74 Å². The van der Waals surface area contributed by atoms with E-state index in [9.17, 15) is 14.7 Å². The van der Waals surface area contributed by atoms with Gasteiger partial charge < -0.3 is 27.9 Å². The van der Waals surface area contributed by atoms with Crippen LogP contribution < -0.4 is 79.5 Å². The van der Waals surface area contributed by atoms with Crippen molar-refractivity contribution < 1.29 is 88.3 Å². The molecule has 0 spiro atoms. The van der Waals surface area contributed by atoms with E-state index in [0.29, 0.717) is 12.1 Å². The van der Waals surface area contributed by atoms with Crippen molar-refractivity contribution in [3.05, 3.63) is 97.4 Å². The first-order chi connectivity index (χ1) is 16.2. The maximum atomic E-state index is 13.1. The van der Waals surface area contributed by atoms with E-state index in [1.165, 1.54) is 17.8 Å². The molecule has 36 heavy (non-hydrogen) atoms. The topological polar surface area (TPSA) is 87.7 Å². The average Bonchev–Trinajstić information content (AvgIpc) is 2.78. The molecule has 1 unspecified atom stereocenters. The Labute approximate surface area is 277 Å². The molecular weight excluding hydrogens is 593 g/mol. The molecule has 0 fully saturated rings. The maximum Gasteiger partial charge on any atom is 1.00 e. The van der Waals surface area contributed by atoms with E-state index in [-0.39, 0.29) is 82.1 Å². The number of carbonyl (C=O) groups excluding carboxylic acids is 2. The molecule has 0 saturated carbocycles. The molecule has 2 amide bonds. The first-order valence-corrected chi connectivity index (χ1v) is 12.0. The van der Waals surface area contributed by atoms with Gasteiger partial charge in [0, 0.05) is 28.8 Å². The van der Waals surface area contributed by atoms with Gasteiger partial charge in [0.05, 0.1) is 0 Å². The third kappa shape index (κ3) is 11.3. The van der Waals surface area contributed by atoms with Crippen LogP contribution in [0.15, 0.2) is 83.8 Å². The number of anilines is 1. The van der Waals surface area contributed by atoms with Gasteiger partial charge in [-0.15, -0.1) is 11.8 Å². The Morgan fingerprint density at radius 3 is 2.08 bits per heavy atom. The number of phenols is 1. The van der Waals surface area contributed by atoms with Crippen molar-refractivity contribution >= 4 is 29.4 Å². The summed E-state index contributed by atoms with van der Waals surface area (Å²) in [6.45, 7) is 5.29. The Hall–Kier alpha value is -1.40. The van der Waals surface area contributed by atoms with Crippen LogP contribution in [0, 0.1) is 7.43 Å². The van der Waals surface area contributed by atoms with E-state index in [1.54, 1.807) is 32.9 Å². The van der Waals surface area contributed by atoms with Gasteiger partial charge in [0.2, 0.25) is 5.91 Å². The molecule has 0 bridgehead atoms. The summed E-state index contributed by atoms with van der Waals surface area (Å²) in [5, 5.41) is 15.9. The second-order valence-electron chi connectivity index (χ2n) is 8.83. The number of thioether (sulfide) groups is 1.